The minimum Gasteiger partial charge on any atom is -0.463 e. The summed E-state index contributed by atoms with van der Waals surface area (Å²) in [5.74, 6) is -0.480. The fourth-order valence-electron chi connectivity index (χ4n) is 3.58. The van der Waals surface area contributed by atoms with Crippen LogP contribution in [-0.2, 0) is 9.53 Å². The molecule has 162 valence electrons. The number of carbonyl (C=O) groups excluding carboxylic acids is 1. The zero-order valence-corrected chi connectivity index (χ0v) is 19.2. The molecule has 0 saturated carbocycles. The van der Waals surface area contributed by atoms with Gasteiger partial charge in [0.1, 0.15) is 0 Å². The van der Waals surface area contributed by atoms with Gasteiger partial charge in [-0.15, -0.1) is 0 Å². The first-order chi connectivity index (χ1) is 15.5. The van der Waals surface area contributed by atoms with E-state index in [-0.39, 0.29) is 12.2 Å². The summed E-state index contributed by atoms with van der Waals surface area (Å²) in [6.45, 7) is 3.75. The van der Waals surface area contributed by atoms with Crippen LogP contribution in [0.25, 0.3) is 12.2 Å². The van der Waals surface area contributed by atoms with Crippen LogP contribution in [0.3, 0.4) is 0 Å². The van der Waals surface area contributed by atoms with Gasteiger partial charge >= 0.3 is 5.97 Å². The highest BCUT2D eigenvalue weighted by Gasteiger charge is 2.33. The molecule has 5 nitrogen and oxygen atoms in total. The molecule has 1 atom stereocenters. The Bertz CT molecular complexity index is 1380. The maximum absolute atomic E-state index is 13.4. The molecule has 0 unspecified atom stereocenters. The quantitative estimate of drug-likeness (QED) is 0.534. The van der Waals surface area contributed by atoms with Crippen LogP contribution < -0.4 is 14.9 Å². The molecule has 0 spiro atoms. The minimum atomic E-state index is -0.636. The molecule has 1 aromatic heterocycles. The average Bonchev–Trinajstić information content (AvgIpc) is 3.09. The van der Waals surface area contributed by atoms with Crippen molar-refractivity contribution in [3.63, 3.8) is 0 Å². The number of fused-ring (bicyclic) bond motifs is 1. The van der Waals surface area contributed by atoms with Gasteiger partial charge in [0.25, 0.3) is 5.56 Å². The first-order valence-corrected chi connectivity index (χ1v) is 11.4. The van der Waals surface area contributed by atoms with Gasteiger partial charge in [-0.1, -0.05) is 77.6 Å². The topological polar surface area (TPSA) is 60.7 Å². The summed E-state index contributed by atoms with van der Waals surface area (Å²) in [6.07, 6.45) is 5.56. The van der Waals surface area contributed by atoms with Crippen molar-refractivity contribution in [1.29, 1.82) is 0 Å². The molecule has 0 aliphatic carbocycles. The number of allylic oxidation sites excluding steroid dienone is 2. The van der Waals surface area contributed by atoms with E-state index in [2.05, 4.69) is 4.99 Å². The van der Waals surface area contributed by atoms with E-state index in [0.29, 0.717) is 25.6 Å². The lowest BCUT2D eigenvalue weighted by atomic mass is 9.96. The predicted molar refractivity (Wildman–Crippen MR) is 128 cm³/mol. The van der Waals surface area contributed by atoms with Crippen LogP contribution in [0, 0.1) is 0 Å². The Hall–Kier alpha value is -3.22. The summed E-state index contributed by atoms with van der Waals surface area (Å²) in [5, 5.41) is 0.575. The van der Waals surface area contributed by atoms with Gasteiger partial charge in [-0.3, -0.25) is 9.36 Å². The van der Waals surface area contributed by atoms with Gasteiger partial charge in [-0.2, -0.15) is 0 Å². The van der Waals surface area contributed by atoms with E-state index >= 15 is 0 Å². The third-order valence-corrected chi connectivity index (χ3v) is 6.29. The number of hydrogen-bond acceptors (Lipinski definition) is 5. The average molecular weight is 465 g/mol. The van der Waals surface area contributed by atoms with Crippen molar-refractivity contribution in [2.45, 2.75) is 19.9 Å². The number of rotatable bonds is 5. The van der Waals surface area contributed by atoms with Crippen molar-refractivity contribution in [3.8, 4) is 0 Å². The maximum atomic E-state index is 13.4. The number of nitrogens with zero attached hydrogens (tertiary/aromatic N) is 2. The normalized spacial score (nSPS) is 16.2. The summed E-state index contributed by atoms with van der Waals surface area (Å²) in [7, 11) is 0. The molecule has 0 bridgehead atoms. The molecule has 2 heterocycles. The van der Waals surface area contributed by atoms with E-state index in [4.69, 9.17) is 16.3 Å². The summed E-state index contributed by atoms with van der Waals surface area (Å²) in [6, 6.07) is 16.3. The monoisotopic (exact) mass is 464 g/mol. The molecule has 1 aliphatic rings. The van der Waals surface area contributed by atoms with Gasteiger partial charge in [0.15, 0.2) is 4.80 Å². The first kappa shape index (κ1) is 22.0. The van der Waals surface area contributed by atoms with Gasteiger partial charge in [-0.05, 0) is 43.2 Å². The Morgan fingerprint density at radius 3 is 2.59 bits per heavy atom. The van der Waals surface area contributed by atoms with Crippen LogP contribution in [-0.4, -0.2) is 17.1 Å². The Morgan fingerprint density at radius 2 is 1.91 bits per heavy atom. The third kappa shape index (κ3) is 4.38. The lowest BCUT2D eigenvalue weighted by molar-refractivity contribution is -0.139. The lowest BCUT2D eigenvalue weighted by Gasteiger charge is -2.24. The van der Waals surface area contributed by atoms with Crippen molar-refractivity contribution < 1.29 is 9.53 Å². The van der Waals surface area contributed by atoms with Gasteiger partial charge in [0.2, 0.25) is 0 Å². The van der Waals surface area contributed by atoms with E-state index in [1.165, 1.54) is 11.3 Å². The number of benzene rings is 2. The molecule has 0 N–H and O–H groups in total. The van der Waals surface area contributed by atoms with E-state index in [0.717, 1.165) is 11.1 Å². The molecule has 0 fully saturated rings. The van der Waals surface area contributed by atoms with Gasteiger partial charge in [0.05, 0.1) is 28.5 Å². The highest BCUT2D eigenvalue weighted by atomic mass is 35.5. The number of esters is 1. The largest absolute Gasteiger partial charge is 0.463 e. The van der Waals surface area contributed by atoms with Crippen LogP contribution in [0.2, 0.25) is 5.02 Å². The Morgan fingerprint density at radius 1 is 1.19 bits per heavy atom. The second kappa shape index (κ2) is 9.51. The van der Waals surface area contributed by atoms with E-state index in [1.807, 2.05) is 54.6 Å². The number of carbonyl (C=O) groups is 1. The smallest absolute Gasteiger partial charge is 0.338 e. The zero-order valence-electron chi connectivity index (χ0n) is 17.6. The van der Waals surface area contributed by atoms with Crippen molar-refractivity contribution in [1.82, 2.24) is 4.57 Å². The standard InChI is InChI=1S/C25H21ClN2O3S/c1-3-31-24(30)21-16(2)27-25-28(22(21)18-12-14-19(26)15-13-18)23(29)20(32-25)11-7-10-17-8-5-4-6-9-17/h4-15,22H,3H2,1-2H3/b10-7+,20-11-/t22-/m0/s1. The van der Waals surface area contributed by atoms with Gasteiger partial charge in [0, 0.05) is 5.02 Å². The molecule has 7 heteroatoms. The molecule has 3 aromatic rings. The molecular weight excluding hydrogens is 444 g/mol. The van der Waals surface area contributed by atoms with Gasteiger partial charge in [-0.25, -0.2) is 9.79 Å². The summed E-state index contributed by atoms with van der Waals surface area (Å²) < 4.78 is 7.39. The second-order valence-corrected chi connectivity index (χ2v) is 8.59. The van der Waals surface area contributed by atoms with Crippen LogP contribution in [0.5, 0.6) is 0 Å². The third-order valence-electron chi connectivity index (χ3n) is 5.04. The number of aromatic nitrogens is 1. The number of halogens is 1. The SMILES string of the molecule is CCOC(=O)C1=C(C)N=c2s/c(=C\C=C\c3ccccc3)c(=O)n2[C@H]1c1ccc(Cl)cc1. The summed E-state index contributed by atoms with van der Waals surface area (Å²) in [4.78, 5) is 31.3. The Kier molecular flexibility index (Phi) is 6.53. The zero-order chi connectivity index (χ0) is 22.7. The number of ether oxygens (including phenoxy) is 1. The minimum absolute atomic E-state index is 0.208. The molecule has 0 saturated heterocycles. The molecule has 0 amide bonds. The Balaban J connectivity index is 1.86. The first-order valence-electron chi connectivity index (χ1n) is 10.2. The summed E-state index contributed by atoms with van der Waals surface area (Å²) in [5.41, 5.74) is 2.49. The highest BCUT2D eigenvalue weighted by molar-refractivity contribution is 7.07. The van der Waals surface area contributed by atoms with Crippen LogP contribution >= 0.6 is 22.9 Å². The van der Waals surface area contributed by atoms with Crippen molar-refractivity contribution >= 4 is 41.1 Å². The van der Waals surface area contributed by atoms with Crippen molar-refractivity contribution in [2.75, 3.05) is 6.61 Å². The number of thiazole rings is 1. The molecule has 0 radical (unpaired) electrons. The number of hydrogen-bond donors (Lipinski definition) is 0. The predicted octanol–water partition coefficient (Wildman–Crippen LogP) is 4.12. The lowest BCUT2D eigenvalue weighted by Crippen LogP contribution is -2.39. The van der Waals surface area contributed by atoms with Crippen molar-refractivity contribution in [2.24, 2.45) is 4.99 Å². The highest BCUT2D eigenvalue weighted by Crippen LogP contribution is 2.31. The molecule has 1 aliphatic heterocycles. The van der Waals surface area contributed by atoms with Crippen LogP contribution in [0.15, 0.2) is 81.7 Å². The van der Waals surface area contributed by atoms with Crippen LogP contribution in [0.4, 0.5) is 0 Å². The summed E-state index contributed by atoms with van der Waals surface area (Å²) >= 11 is 7.36. The molecule has 4 rings (SSSR count). The fourth-order valence-corrected chi connectivity index (χ4v) is 4.70. The van der Waals surface area contributed by atoms with E-state index in [9.17, 15) is 9.59 Å². The molecule has 2 aromatic carbocycles. The molecular formula is C25H21ClN2O3S. The Labute approximate surface area is 194 Å². The fraction of sp³-hybridized carbons (Fsp3) is 0.160. The molecule has 32 heavy (non-hydrogen) atoms. The second-order valence-electron chi connectivity index (χ2n) is 7.15. The maximum Gasteiger partial charge on any atom is 0.338 e. The van der Waals surface area contributed by atoms with Crippen molar-refractivity contribution in [3.05, 3.63) is 108 Å². The van der Waals surface area contributed by atoms with Gasteiger partial charge < -0.3 is 4.74 Å². The van der Waals surface area contributed by atoms with Crippen LogP contribution in [0.1, 0.15) is 31.0 Å². The van der Waals surface area contributed by atoms with E-state index in [1.54, 1.807) is 36.6 Å². The van der Waals surface area contributed by atoms with E-state index < -0.39 is 12.0 Å².